The highest BCUT2D eigenvalue weighted by Gasteiger charge is 2.13. The predicted molar refractivity (Wildman–Crippen MR) is 113 cm³/mol. The maximum Gasteiger partial charge on any atom is 0.191 e. The molecule has 0 unspecified atom stereocenters. The summed E-state index contributed by atoms with van der Waals surface area (Å²) in [7, 11) is 1.80. The molecular weight excluding hydrogens is 356 g/mol. The van der Waals surface area contributed by atoms with Gasteiger partial charge < -0.3 is 15.4 Å². The number of benzene rings is 1. The van der Waals surface area contributed by atoms with Gasteiger partial charge in [-0.1, -0.05) is 49.6 Å². The van der Waals surface area contributed by atoms with E-state index in [4.69, 9.17) is 9.72 Å². The second kappa shape index (κ2) is 11.0. The van der Waals surface area contributed by atoms with E-state index in [0.717, 1.165) is 41.8 Å². The van der Waals surface area contributed by atoms with E-state index in [1.165, 1.54) is 32.1 Å². The molecule has 0 saturated heterocycles. The lowest BCUT2D eigenvalue weighted by molar-refractivity contribution is 0.0277. The van der Waals surface area contributed by atoms with Gasteiger partial charge in [-0.05, 0) is 19.3 Å². The van der Waals surface area contributed by atoms with Gasteiger partial charge in [-0.25, -0.2) is 4.98 Å². The number of hydrogen-bond donors (Lipinski definition) is 2. The van der Waals surface area contributed by atoms with Crippen LogP contribution in [0.5, 0.6) is 0 Å². The minimum atomic E-state index is 0.486. The lowest BCUT2D eigenvalue weighted by Crippen LogP contribution is -2.37. The van der Waals surface area contributed by atoms with Crippen molar-refractivity contribution < 1.29 is 4.74 Å². The molecule has 2 aromatic rings. The molecule has 1 fully saturated rings. The molecule has 1 aliphatic rings. The zero-order valence-corrected chi connectivity index (χ0v) is 16.9. The fraction of sp³-hybridized carbons (Fsp3) is 0.524. The van der Waals surface area contributed by atoms with Gasteiger partial charge in [-0.3, -0.25) is 4.99 Å². The van der Waals surface area contributed by atoms with Gasteiger partial charge in [0.05, 0.1) is 18.3 Å². The number of rotatable bonds is 8. The largest absolute Gasteiger partial charge is 0.378 e. The maximum atomic E-state index is 5.96. The van der Waals surface area contributed by atoms with E-state index in [0.29, 0.717) is 12.6 Å². The standard InChI is InChI=1S/C21H30N4OS/c1-22-21(23-13-8-14-26-19-11-6-3-7-12-19)24-15-18-16-27-20(25-18)17-9-4-2-5-10-17/h2,4-5,9-10,16,19H,3,6-8,11-15H2,1H3,(H2,22,23,24). The Morgan fingerprint density at radius 3 is 2.78 bits per heavy atom. The van der Waals surface area contributed by atoms with Crippen LogP contribution in [0.1, 0.15) is 44.2 Å². The predicted octanol–water partition coefficient (Wildman–Crippen LogP) is 4.21. The normalized spacial score (nSPS) is 15.7. The van der Waals surface area contributed by atoms with Gasteiger partial charge in [0.1, 0.15) is 5.01 Å². The van der Waals surface area contributed by atoms with Crippen LogP contribution in [-0.2, 0) is 11.3 Å². The van der Waals surface area contributed by atoms with Crippen LogP contribution in [0.15, 0.2) is 40.7 Å². The van der Waals surface area contributed by atoms with Gasteiger partial charge >= 0.3 is 0 Å². The Morgan fingerprint density at radius 2 is 2.00 bits per heavy atom. The molecule has 0 aliphatic heterocycles. The van der Waals surface area contributed by atoms with E-state index in [1.54, 1.807) is 18.4 Å². The van der Waals surface area contributed by atoms with Crippen LogP contribution in [-0.4, -0.2) is 37.2 Å². The number of hydrogen-bond acceptors (Lipinski definition) is 4. The molecule has 27 heavy (non-hydrogen) atoms. The molecule has 3 rings (SSSR count). The first-order chi connectivity index (χ1) is 13.3. The average molecular weight is 387 g/mol. The third-order valence-corrected chi connectivity index (χ3v) is 5.69. The lowest BCUT2D eigenvalue weighted by Gasteiger charge is -2.22. The Bertz CT molecular complexity index is 695. The van der Waals surface area contributed by atoms with Crippen molar-refractivity contribution in [2.45, 2.75) is 51.2 Å². The topological polar surface area (TPSA) is 58.5 Å². The van der Waals surface area contributed by atoms with Crippen LogP contribution in [0.4, 0.5) is 0 Å². The van der Waals surface area contributed by atoms with Crippen LogP contribution in [0.3, 0.4) is 0 Å². The number of ether oxygens (including phenoxy) is 1. The third-order valence-electron chi connectivity index (χ3n) is 4.75. The summed E-state index contributed by atoms with van der Waals surface area (Å²) in [5, 5.41) is 9.83. The van der Waals surface area contributed by atoms with Crippen molar-refractivity contribution in [3.63, 3.8) is 0 Å². The molecule has 1 heterocycles. The Kier molecular flexibility index (Phi) is 8.11. The first-order valence-electron chi connectivity index (χ1n) is 9.91. The van der Waals surface area contributed by atoms with Gasteiger partial charge in [0.2, 0.25) is 0 Å². The van der Waals surface area contributed by atoms with Crippen molar-refractivity contribution in [1.29, 1.82) is 0 Å². The van der Waals surface area contributed by atoms with Gasteiger partial charge in [0.15, 0.2) is 5.96 Å². The molecule has 0 atom stereocenters. The van der Waals surface area contributed by atoms with Gasteiger partial charge in [0, 0.05) is 31.1 Å². The van der Waals surface area contributed by atoms with Crippen molar-refractivity contribution in [1.82, 2.24) is 15.6 Å². The summed E-state index contributed by atoms with van der Waals surface area (Å²) in [6, 6.07) is 10.3. The zero-order valence-electron chi connectivity index (χ0n) is 16.1. The molecule has 1 aliphatic carbocycles. The molecule has 0 spiro atoms. The van der Waals surface area contributed by atoms with E-state index < -0.39 is 0 Å². The molecule has 146 valence electrons. The average Bonchev–Trinajstić information content (AvgIpc) is 3.20. The van der Waals surface area contributed by atoms with Crippen molar-refractivity contribution >= 4 is 17.3 Å². The highest BCUT2D eigenvalue weighted by molar-refractivity contribution is 7.13. The van der Waals surface area contributed by atoms with E-state index in [2.05, 4.69) is 33.1 Å². The van der Waals surface area contributed by atoms with E-state index in [-0.39, 0.29) is 0 Å². The van der Waals surface area contributed by atoms with Gasteiger partial charge in [-0.2, -0.15) is 0 Å². The van der Waals surface area contributed by atoms with Gasteiger partial charge in [-0.15, -0.1) is 11.3 Å². The Labute approximate surface area is 166 Å². The molecule has 1 aromatic heterocycles. The van der Waals surface area contributed by atoms with Crippen molar-refractivity contribution in [3.05, 3.63) is 41.4 Å². The van der Waals surface area contributed by atoms with Crippen LogP contribution >= 0.6 is 11.3 Å². The van der Waals surface area contributed by atoms with Crippen molar-refractivity contribution in [2.24, 2.45) is 4.99 Å². The summed E-state index contributed by atoms with van der Waals surface area (Å²) in [6.45, 7) is 2.35. The quantitative estimate of drug-likeness (QED) is 0.405. The maximum absolute atomic E-state index is 5.96. The first kappa shape index (κ1) is 19.8. The summed E-state index contributed by atoms with van der Waals surface area (Å²) in [6.07, 6.45) is 7.95. The second-order valence-corrected chi connectivity index (χ2v) is 7.71. The molecule has 6 heteroatoms. The second-order valence-electron chi connectivity index (χ2n) is 6.85. The number of guanidine groups is 1. The highest BCUT2D eigenvalue weighted by Crippen LogP contribution is 2.23. The van der Waals surface area contributed by atoms with Gasteiger partial charge in [0.25, 0.3) is 0 Å². The number of nitrogens with zero attached hydrogens (tertiary/aromatic N) is 2. The van der Waals surface area contributed by atoms with E-state index in [9.17, 15) is 0 Å². The zero-order chi connectivity index (χ0) is 18.7. The summed E-state index contributed by atoms with van der Waals surface area (Å²) in [5.41, 5.74) is 2.19. The molecule has 1 saturated carbocycles. The van der Waals surface area contributed by atoms with E-state index in [1.807, 2.05) is 18.2 Å². The fourth-order valence-electron chi connectivity index (χ4n) is 3.26. The molecule has 5 nitrogen and oxygen atoms in total. The number of nitrogens with one attached hydrogen (secondary N) is 2. The summed E-state index contributed by atoms with van der Waals surface area (Å²) in [4.78, 5) is 8.99. The first-order valence-corrected chi connectivity index (χ1v) is 10.8. The SMILES string of the molecule is CN=C(NCCCOC1CCCCC1)NCc1csc(-c2ccccc2)n1. The smallest absolute Gasteiger partial charge is 0.191 e. The van der Waals surface area contributed by atoms with Crippen molar-refractivity contribution in [2.75, 3.05) is 20.2 Å². The summed E-state index contributed by atoms with van der Waals surface area (Å²) in [5.74, 6) is 0.807. The molecule has 2 N–H and O–H groups in total. The number of thiazole rings is 1. The molecule has 0 amide bonds. The minimum absolute atomic E-state index is 0.486. The molecular formula is C21H30N4OS. The lowest BCUT2D eigenvalue weighted by atomic mass is 9.98. The Balaban J connectivity index is 1.34. The van der Waals surface area contributed by atoms with Crippen LogP contribution in [0, 0.1) is 0 Å². The van der Waals surface area contributed by atoms with Crippen LogP contribution in [0.25, 0.3) is 10.6 Å². The molecule has 1 aromatic carbocycles. The number of aromatic nitrogens is 1. The minimum Gasteiger partial charge on any atom is -0.378 e. The van der Waals surface area contributed by atoms with E-state index >= 15 is 0 Å². The summed E-state index contributed by atoms with van der Waals surface area (Å²) < 4.78 is 5.96. The monoisotopic (exact) mass is 386 g/mol. The Hall–Kier alpha value is -1.92. The summed E-state index contributed by atoms with van der Waals surface area (Å²) >= 11 is 1.67. The molecule has 0 radical (unpaired) electrons. The van der Waals surface area contributed by atoms with Crippen molar-refractivity contribution in [3.8, 4) is 10.6 Å². The molecule has 0 bridgehead atoms. The highest BCUT2D eigenvalue weighted by atomic mass is 32.1. The van der Waals surface area contributed by atoms with Crippen LogP contribution < -0.4 is 10.6 Å². The fourth-order valence-corrected chi connectivity index (χ4v) is 4.08. The Morgan fingerprint density at radius 1 is 1.19 bits per heavy atom. The van der Waals surface area contributed by atoms with Crippen LogP contribution in [0.2, 0.25) is 0 Å². The third kappa shape index (κ3) is 6.63. The number of aliphatic imine (C=N–C) groups is 1.